The number of rotatable bonds is 26. The molecule has 1 aliphatic rings. The first-order valence-corrected chi connectivity index (χ1v) is 23.6. The van der Waals surface area contributed by atoms with Gasteiger partial charge >= 0.3 is 23.9 Å². The van der Waals surface area contributed by atoms with Crippen LogP contribution in [0.1, 0.15) is 75.6 Å². The van der Waals surface area contributed by atoms with Crippen LogP contribution in [0, 0.1) is 0 Å². The van der Waals surface area contributed by atoms with E-state index in [0.717, 1.165) is 33.4 Å². The summed E-state index contributed by atoms with van der Waals surface area (Å²) in [5, 5.41) is -0.620. The number of thiol groups is 4. The molecule has 0 bridgehead atoms. The Morgan fingerprint density at radius 2 is 0.677 bits per heavy atom. The van der Waals surface area contributed by atoms with Crippen LogP contribution in [0.25, 0.3) is 11.1 Å². The minimum absolute atomic E-state index is 0.00210. The summed E-state index contributed by atoms with van der Waals surface area (Å²) in [6, 6.07) is 27.4. The van der Waals surface area contributed by atoms with Crippen molar-refractivity contribution in [3.8, 4) is 34.1 Å². The van der Waals surface area contributed by atoms with Crippen molar-refractivity contribution in [2.45, 2.75) is 79.8 Å². The van der Waals surface area contributed by atoms with E-state index < -0.39 is 5.41 Å². The molecule has 0 saturated carbocycles. The molecule has 16 heteroatoms. The van der Waals surface area contributed by atoms with Crippen LogP contribution in [-0.2, 0) is 43.5 Å². The summed E-state index contributed by atoms with van der Waals surface area (Å²) in [5.41, 5.74) is 4.32. The number of carbonyl (C=O) groups is 4. The molecule has 350 valence electrons. The van der Waals surface area contributed by atoms with Crippen LogP contribution in [0.2, 0.25) is 0 Å². The van der Waals surface area contributed by atoms with E-state index in [2.05, 4.69) is 74.8 Å². The fraction of sp³-hybridized carbons (Fsp3) is 0.429. The number of benzene rings is 4. The highest BCUT2D eigenvalue weighted by Crippen LogP contribution is 2.57. The predicted octanol–water partition coefficient (Wildman–Crippen LogP) is 8.57. The van der Waals surface area contributed by atoms with Gasteiger partial charge in [0.05, 0.1) is 31.1 Å². The van der Waals surface area contributed by atoms with E-state index in [9.17, 15) is 19.2 Å². The Hall–Kier alpha value is -4.64. The minimum atomic E-state index is -1.06. The monoisotopic (exact) mass is 966 g/mol. The van der Waals surface area contributed by atoms with Crippen molar-refractivity contribution in [1.29, 1.82) is 0 Å². The van der Waals surface area contributed by atoms with Gasteiger partial charge in [-0.2, -0.15) is 50.5 Å². The Bertz CT molecular complexity index is 1980. The van der Waals surface area contributed by atoms with Crippen molar-refractivity contribution in [3.05, 3.63) is 107 Å². The van der Waals surface area contributed by atoms with Crippen molar-refractivity contribution in [2.75, 3.05) is 52.9 Å². The first-order chi connectivity index (χ1) is 31.1. The lowest BCUT2D eigenvalue weighted by atomic mass is 9.67. The van der Waals surface area contributed by atoms with Gasteiger partial charge in [0.2, 0.25) is 0 Å². The van der Waals surface area contributed by atoms with Gasteiger partial charge in [0.15, 0.2) is 0 Å². The maximum absolute atomic E-state index is 12.3. The Morgan fingerprint density at radius 1 is 0.415 bits per heavy atom. The maximum Gasteiger partial charge on any atom is 0.307 e. The molecule has 0 aliphatic heterocycles. The number of hydrogen-bond acceptors (Lipinski definition) is 16. The molecular weight excluding hydrogens is 909 g/mol. The van der Waals surface area contributed by atoms with Gasteiger partial charge in [-0.05, 0) is 57.6 Å². The van der Waals surface area contributed by atoms with Crippen LogP contribution in [0.4, 0.5) is 0 Å². The zero-order valence-electron chi connectivity index (χ0n) is 37.1. The molecule has 5 rings (SSSR count). The van der Waals surface area contributed by atoms with Gasteiger partial charge in [0.25, 0.3) is 0 Å². The van der Waals surface area contributed by atoms with E-state index in [1.54, 1.807) is 12.1 Å². The highest BCUT2D eigenvalue weighted by molar-refractivity contribution is 7.81. The van der Waals surface area contributed by atoms with E-state index >= 15 is 0 Å². The summed E-state index contributed by atoms with van der Waals surface area (Å²) in [4.78, 5) is 49.3. The molecular formula is C49H58O12S4. The maximum atomic E-state index is 12.3. The van der Waals surface area contributed by atoms with Crippen LogP contribution in [0.3, 0.4) is 0 Å². The van der Waals surface area contributed by atoms with Gasteiger partial charge in [0.1, 0.15) is 75.9 Å². The molecule has 0 N–H and O–H groups in total. The van der Waals surface area contributed by atoms with Gasteiger partial charge < -0.3 is 37.9 Å². The van der Waals surface area contributed by atoms with Crippen LogP contribution in [0.15, 0.2) is 84.9 Å². The Labute approximate surface area is 403 Å². The van der Waals surface area contributed by atoms with E-state index in [1.807, 2.05) is 76.2 Å². The highest BCUT2D eigenvalue weighted by atomic mass is 32.1. The smallest absolute Gasteiger partial charge is 0.307 e. The summed E-state index contributed by atoms with van der Waals surface area (Å²) in [6.45, 7) is 7.45. The molecule has 0 spiro atoms. The first-order valence-electron chi connectivity index (χ1n) is 21.5. The van der Waals surface area contributed by atoms with Crippen LogP contribution < -0.4 is 18.9 Å². The summed E-state index contributed by atoms with van der Waals surface area (Å²) < 4.78 is 46.9. The van der Waals surface area contributed by atoms with E-state index in [-0.39, 0.29) is 123 Å². The van der Waals surface area contributed by atoms with Crippen molar-refractivity contribution >= 4 is 74.4 Å². The molecule has 4 unspecified atom stereocenters. The van der Waals surface area contributed by atoms with Crippen LogP contribution in [0.5, 0.6) is 23.0 Å². The van der Waals surface area contributed by atoms with Crippen molar-refractivity contribution in [3.63, 3.8) is 0 Å². The molecule has 0 saturated heterocycles. The summed E-state index contributed by atoms with van der Waals surface area (Å²) >= 11 is 17.2. The van der Waals surface area contributed by atoms with E-state index in [1.165, 1.54) is 0 Å². The zero-order valence-corrected chi connectivity index (χ0v) is 40.6. The molecule has 4 atom stereocenters. The lowest BCUT2D eigenvalue weighted by Gasteiger charge is -2.35. The van der Waals surface area contributed by atoms with Gasteiger partial charge in [-0.15, -0.1) is 0 Å². The fourth-order valence-corrected chi connectivity index (χ4v) is 7.99. The second kappa shape index (κ2) is 25.3. The quantitative estimate of drug-likeness (QED) is 0.0183. The average molecular weight is 967 g/mol. The summed E-state index contributed by atoms with van der Waals surface area (Å²) in [5.74, 6) is 0.173. The van der Waals surface area contributed by atoms with Crippen LogP contribution in [-0.4, -0.2) is 97.7 Å². The molecule has 0 fully saturated rings. The molecule has 0 heterocycles. The summed E-state index contributed by atoms with van der Waals surface area (Å²) in [7, 11) is 0. The van der Waals surface area contributed by atoms with Gasteiger partial charge in [-0.3, -0.25) is 19.2 Å². The normalized spacial score (nSPS) is 14.1. The van der Waals surface area contributed by atoms with Gasteiger partial charge in [0, 0.05) is 33.1 Å². The number of fused-ring (bicyclic) bond motifs is 3. The molecule has 4 aromatic rings. The Kier molecular flexibility index (Phi) is 20.0. The van der Waals surface area contributed by atoms with Gasteiger partial charge in [-0.1, -0.05) is 76.2 Å². The Balaban J connectivity index is 1.61. The number of ether oxygens (including phenoxy) is 8. The van der Waals surface area contributed by atoms with Crippen molar-refractivity contribution in [1.82, 2.24) is 0 Å². The molecule has 1 aliphatic carbocycles. The molecule has 0 amide bonds. The van der Waals surface area contributed by atoms with Crippen molar-refractivity contribution < 1.29 is 57.1 Å². The second-order valence-electron chi connectivity index (χ2n) is 15.7. The lowest BCUT2D eigenvalue weighted by molar-refractivity contribution is -0.145. The van der Waals surface area contributed by atoms with Crippen molar-refractivity contribution in [2.24, 2.45) is 0 Å². The predicted molar refractivity (Wildman–Crippen MR) is 262 cm³/mol. The molecule has 65 heavy (non-hydrogen) atoms. The third-order valence-corrected chi connectivity index (χ3v) is 10.6. The third-order valence-electron chi connectivity index (χ3n) is 9.89. The summed E-state index contributed by atoms with van der Waals surface area (Å²) in [6.07, 6.45) is 0.630. The minimum Gasteiger partial charge on any atom is -0.490 e. The largest absolute Gasteiger partial charge is 0.490 e. The average Bonchev–Trinajstić information content (AvgIpc) is 3.54. The molecule has 12 nitrogen and oxygen atoms in total. The lowest BCUT2D eigenvalue weighted by Crippen LogP contribution is -2.29. The molecule has 0 radical (unpaired) electrons. The zero-order chi connectivity index (χ0) is 46.9. The standard InChI is InChI=1S/C49H58O12S4/c1-31(62)21-45(50)58-17-13-54-37-25-35(26-38(29-37)55-14-18-59-46(51)22-32(2)63)49(43-11-7-5-9-41(43)42-10-6-8-12-44(42)49)36-27-39(56-15-19-60-47(52)23-33(3)64)30-40(28-36)57-16-20-61-48(53)24-34(4)65/h5-12,25-34,62-65H,13-24H2,1-4H3. The first kappa shape index (κ1) is 51.3. The number of carbonyl (C=O) groups excluding carboxylic acids is 4. The second-order valence-corrected chi connectivity index (χ2v) is 19.2. The van der Waals surface area contributed by atoms with Gasteiger partial charge in [-0.25, -0.2) is 0 Å². The van der Waals surface area contributed by atoms with Crippen LogP contribution >= 0.6 is 50.5 Å². The topological polar surface area (TPSA) is 142 Å². The Morgan fingerprint density at radius 3 is 0.938 bits per heavy atom. The third kappa shape index (κ3) is 15.2. The van der Waals surface area contributed by atoms with E-state index in [4.69, 9.17) is 37.9 Å². The fourth-order valence-electron chi connectivity index (χ4n) is 7.39. The van der Waals surface area contributed by atoms with E-state index in [0.29, 0.717) is 23.0 Å². The number of hydrogen-bond donors (Lipinski definition) is 4. The highest BCUT2D eigenvalue weighted by Gasteiger charge is 2.47. The number of esters is 4. The molecule has 0 aromatic heterocycles. The molecule has 4 aromatic carbocycles. The SMILES string of the molecule is CC(S)CC(=O)OCCOc1cc(OCCOC(=O)CC(C)S)cc(C2(c3cc(OCCOC(=O)CC(C)S)cc(OCCOC(=O)CC(C)S)c3)c3ccccc3-c3ccccc32)c1.